The number of morpholine rings is 1. The number of thiazole rings is 1. The summed E-state index contributed by atoms with van der Waals surface area (Å²) in [7, 11) is 0. The largest absolute Gasteiger partial charge is 0.493 e. The number of rotatable bonds is 11. The number of nitrogens with one attached hydrogen (secondary N) is 1. The first-order valence-electron chi connectivity index (χ1n) is 11.8. The minimum Gasteiger partial charge on any atom is -0.493 e. The molecular weight excluding hydrogens is 482 g/mol. The summed E-state index contributed by atoms with van der Waals surface area (Å²) in [5.74, 6) is -0.576. The molecule has 0 atom stereocenters. The summed E-state index contributed by atoms with van der Waals surface area (Å²) < 4.78 is 11.4. The maximum Gasteiger partial charge on any atom is 0.303 e. The summed E-state index contributed by atoms with van der Waals surface area (Å²) >= 11 is 1.69. The van der Waals surface area contributed by atoms with E-state index in [0.29, 0.717) is 25.2 Å². The van der Waals surface area contributed by atoms with Gasteiger partial charge in [-0.1, -0.05) is 6.07 Å². The zero-order valence-electron chi connectivity index (χ0n) is 20.1. The number of carbonyl (C=O) groups is 2. The maximum atomic E-state index is 12.4. The molecule has 0 spiro atoms. The van der Waals surface area contributed by atoms with Gasteiger partial charge in [0.1, 0.15) is 11.4 Å². The van der Waals surface area contributed by atoms with Gasteiger partial charge in [-0.2, -0.15) is 0 Å². The molecule has 2 aromatic heterocycles. The number of anilines is 1. The molecule has 1 aromatic carbocycles. The molecule has 1 aliphatic heterocycles. The molecule has 0 bridgehead atoms. The van der Waals surface area contributed by atoms with E-state index in [1.165, 1.54) is 23.5 Å². The number of nitrogens with zero attached hydrogens (tertiary/aromatic N) is 4. The summed E-state index contributed by atoms with van der Waals surface area (Å²) in [6, 6.07) is 5.53. The molecule has 11 heteroatoms. The van der Waals surface area contributed by atoms with E-state index in [4.69, 9.17) is 19.6 Å². The number of benzene rings is 1. The third kappa shape index (κ3) is 6.98. The van der Waals surface area contributed by atoms with Crippen molar-refractivity contribution >= 4 is 28.3 Å². The molecule has 10 nitrogen and oxygen atoms in total. The molecular formula is C25H29N5O5S. The fourth-order valence-corrected chi connectivity index (χ4v) is 4.83. The Bertz CT molecular complexity index is 1180. The Hall–Kier alpha value is -3.57. The predicted octanol–water partition coefficient (Wildman–Crippen LogP) is 2.65. The second-order valence-electron chi connectivity index (χ2n) is 8.29. The van der Waals surface area contributed by atoms with Crippen LogP contribution < -0.4 is 15.0 Å². The predicted molar refractivity (Wildman–Crippen MR) is 135 cm³/mol. The summed E-state index contributed by atoms with van der Waals surface area (Å²) in [6.07, 6.45) is 5.37. The van der Waals surface area contributed by atoms with Crippen molar-refractivity contribution in [3.63, 3.8) is 0 Å². The lowest BCUT2D eigenvalue weighted by Gasteiger charge is -2.26. The molecule has 1 fully saturated rings. The highest BCUT2D eigenvalue weighted by atomic mass is 32.1. The number of carboxylic acid groups (broad SMARTS) is 1. The Morgan fingerprint density at radius 1 is 1.19 bits per heavy atom. The van der Waals surface area contributed by atoms with E-state index in [0.717, 1.165) is 48.3 Å². The third-order valence-corrected chi connectivity index (χ3v) is 6.87. The number of aryl methyl sites for hydroxylation is 2. The fourth-order valence-electron chi connectivity index (χ4n) is 3.82. The zero-order valence-corrected chi connectivity index (χ0v) is 20.9. The minimum atomic E-state index is -0.875. The number of aromatic nitrogens is 3. The monoisotopic (exact) mass is 511 g/mol. The van der Waals surface area contributed by atoms with Crippen molar-refractivity contribution < 1.29 is 24.2 Å². The van der Waals surface area contributed by atoms with Gasteiger partial charge in [0.25, 0.3) is 5.91 Å². The lowest BCUT2D eigenvalue weighted by molar-refractivity contribution is -0.136. The van der Waals surface area contributed by atoms with Crippen LogP contribution in [0.2, 0.25) is 0 Å². The van der Waals surface area contributed by atoms with Crippen molar-refractivity contribution in [3.8, 4) is 5.75 Å². The van der Waals surface area contributed by atoms with Gasteiger partial charge in [-0.05, 0) is 36.6 Å². The second-order valence-corrected chi connectivity index (χ2v) is 9.48. The molecule has 3 aromatic rings. The molecule has 0 radical (unpaired) electrons. The fraction of sp³-hybridized carbons (Fsp3) is 0.400. The van der Waals surface area contributed by atoms with Crippen LogP contribution in [0.1, 0.15) is 38.6 Å². The van der Waals surface area contributed by atoms with Crippen LogP contribution in [0.3, 0.4) is 0 Å². The molecule has 1 amide bonds. The highest BCUT2D eigenvalue weighted by Crippen LogP contribution is 2.27. The van der Waals surface area contributed by atoms with Gasteiger partial charge < -0.3 is 24.8 Å². The number of amides is 1. The molecule has 190 valence electrons. The molecule has 3 heterocycles. The lowest BCUT2D eigenvalue weighted by atomic mass is 10.0. The average Bonchev–Trinajstić information content (AvgIpc) is 3.27. The van der Waals surface area contributed by atoms with Crippen LogP contribution in [0.4, 0.5) is 5.13 Å². The van der Waals surface area contributed by atoms with E-state index in [1.807, 2.05) is 18.2 Å². The summed E-state index contributed by atoms with van der Waals surface area (Å²) in [4.78, 5) is 39.6. The van der Waals surface area contributed by atoms with Crippen molar-refractivity contribution in [2.24, 2.45) is 0 Å². The zero-order chi connectivity index (χ0) is 25.3. The first-order valence-corrected chi connectivity index (χ1v) is 12.6. The van der Waals surface area contributed by atoms with E-state index in [9.17, 15) is 9.59 Å². The molecule has 1 saturated heterocycles. The van der Waals surface area contributed by atoms with Crippen molar-refractivity contribution in [1.82, 2.24) is 20.3 Å². The third-order valence-electron chi connectivity index (χ3n) is 5.79. The van der Waals surface area contributed by atoms with Gasteiger partial charge in [0.2, 0.25) is 0 Å². The maximum absolute atomic E-state index is 12.4. The standard InChI is InChI=1S/C25H29N5O5S/c1-17-21(29-25(36-17)30-9-12-34-13-10-30)6-11-35-20-4-2-18(3-5-23(31)32)19(14-20)15-28-24(33)22-16-26-7-8-27-22/h2,4,7-8,14,16H,3,5-6,9-13,15H2,1H3,(H,28,33)(H,31,32). The Morgan fingerprint density at radius 3 is 2.78 bits per heavy atom. The highest BCUT2D eigenvalue weighted by Gasteiger charge is 2.17. The van der Waals surface area contributed by atoms with E-state index >= 15 is 0 Å². The molecule has 2 N–H and O–H groups in total. The van der Waals surface area contributed by atoms with E-state index in [1.54, 1.807) is 11.3 Å². The molecule has 0 saturated carbocycles. The number of ether oxygens (including phenoxy) is 2. The minimum absolute atomic E-state index is 0.000110. The number of aliphatic carboxylic acids is 1. The van der Waals surface area contributed by atoms with E-state index in [2.05, 4.69) is 27.1 Å². The van der Waals surface area contributed by atoms with Crippen LogP contribution in [0.25, 0.3) is 0 Å². The van der Waals surface area contributed by atoms with Gasteiger partial charge >= 0.3 is 5.97 Å². The van der Waals surface area contributed by atoms with Crippen LogP contribution in [-0.2, 0) is 28.9 Å². The normalized spacial score (nSPS) is 13.4. The number of hydrogen-bond acceptors (Lipinski definition) is 9. The molecule has 0 unspecified atom stereocenters. The summed E-state index contributed by atoms with van der Waals surface area (Å²) in [6.45, 7) is 5.90. The molecule has 0 aliphatic carbocycles. The van der Waals surface area contributed by atoms with Crippen LogP contribution in [0.15, 0.2) is 36.8 Å². The van der Waals surface area contributed by atoms with E-state index < -0.39 is 5.97 Å². The van der Waals surface area contributed by atoms with Crippen LogP contribution >= 0.6 is 11.3 Å². The van der Waals surface area contributed by atoms with Gasteiger partial charge in [0.15, 0.2) is 5.13 Å². The lowest BCUT2D eigenvalue weighted by Crippen LogP contribution is -2.36. The Labute approximate surface area is 213 Å². The van der Waals surface area contributed by atoms with Crippen LogP contribution in [0.5, 0.6) is 5.75 Å². The van der Waals surface area contributed by atoms with Crippen molar-refractivity contribution in [2.75, 3.05) is 37.8 Å². The van der Waals surface area contributed by atoms with Gasteiger partial charge in [0, 0.05) is 49.7 Å². The molecule has 1 aliphatic rings. The Morgan fingerprint density at radius 2 is 2.03 bits per heavy atom. The first kappa shape index (κ1) is 25.5. The summed E-state index contributed by atoms with van der Waals surface area (Å²) in [5, 5.41) is 12.9. The highest BCUT2D eigenvalue weighted by molar-refractivity contribution is 7.15. The van der Waals surface area contributed by atoms with Crippen LogP contribution in [-0.4, -0.2) is 64.8 Å². The smallest absolute Gasteiger partial charge is 0.303 e. The van der Waals surface area contributed by atoms with Gasteiger partial charge in [-0.3, -0.25) is 14.6 Å². The second kappa shape index (κ2) is 12.4. The van der Waals surface area contributed by atoms with Crippen molar-refractivity contribution in [1.29, 1.82) is 0 Å². The van der Waals surface area contributed by atoms with Crippen molar-refractivity contribution in [2.45, 2.75) is 32.7 Å². The molecule has 36 heavy (non-hydrogen) atoms. The summed E-state index contributed by atoms with van der Waals surface area (Å²) in [5.41, 5.74) is 2.88. The average molecular weight is 512 g/mol. The van der Waals surface area contributed by atoms with Gasteiger partial charge in [0.05, 0.1) is 31.7 Å². The Balaban J connectivity index is 1.38. The quantitative estimate of drug-likeness (QED) is 0.399. The van der Waals surface area contributed by atoms with Gasteiger partial charge in [-0.15, -0.1) is 11.3 Å². The SMILES string of the molecule is Cc1sc(N2CCOCC2)nc1CCOc1ccc(CCC(=O)O)c(CNC(=O)c2cnccn2)c1. The van der Waals surface area contributed by atoms with Gasteiger partial charge in [-0.25, -0.2) is 9.97 Å². The van der Waals surface area contributed by atoms with Crippen LogP contribution in [0, 0.1) is 6.92 Å². The number of carbonyl (C=O) groups excluding carboxylic acids is 1. The molecule has 4 rings (SSSR count). The Kier molecular flexibility index (Phi) is 8.80. The first-order chi connectivity index (χ1) is 17.5. The van der Waals surface area contributed by atoms with Crippen molar-refractivity contribution in [3.05, 3.63) is 64.2 Å². The van der Waals surface area contributed by atoms with E-state index in [-0.39, 0.29) is 24.6 Å². The topological polar surface area (TPSA) is 127 Å². The number of hydrogen-bond donors (Lipinski definition) is 2. The number of carboxylic acids is 1.